The lowest BCUT2D eigenvalue weighted by Gasteiger charge is -2.11. The molecule has 0 atom stereocenters. The molecule has 0 aliphatic rings. The van der Waals surface area contributed by atoms with Gasteiger partial charge in [0.05, 0.1) is 7.11 Å². The van der Waals surface area contributed by atoms with Crippen molar-refractivity contribution in [2.75, 3.05) is 24.7 Å². The minimum absolute atomic E-state index is 0.825. The molecule has 3 N–H and O–H groups in total. The lowest BCUT2D eigenvalue weighted by Crippen LogP contribution is -2.07. The number of nitrogens with two attached hydrogens (primary N) is 1. The minimum Gasteiger partial charge on any atom is -0.497 e. The van der Waals surface area contributed by atoms with Gasteiger partial charge in [-0.3, -0.25) is 0 Å². The molecule has 100 valence electrons. The zero-order chi connectivity index (χ0) is 13.7. The van der Waals surface area contributed by atoms with Gasteiger partial charge in [0, 0.05) is 17.9 Å². The fourth-order valence-electron chi connectivity index (χ4n) is 2.01. The van der Waals surface area contributed by atoms with Gasteiger partial charge in [-0.15, -0.1) is 0 Å². The molecule has 0 unspecified atom stereocenters. The maximum atomic E-state index is 5.88. The molecule has 0 aliphatic heterocycles. The SMILES string of the molecule is COc1cccc(CCNc2cccc(N)c2C)c1. The highest BCUT2D eigenvalue weighted by molar-refractivity contribution is 5.62. The van der Waals surface area contributed by atoms with Crippen LogP contribution in [0.5, 0.6) is 5.75 Å². The number of anilines is 2. The van der Waals surface area contributed by atoms with Crippen molar-refractivity contribution in [2.24, 2.45) is 0 Å². The number of hydrogen-bond donors (Lipinski definition) is 2. The first-order valence-electron chi connectivity index (χ1n) is 6.42. The van der Waals surface area contributed by atoms with Gasteiger partial charge in [0.1, 0.15) is 5.75 Å². The Hall–Kier alpha value is -2.16. The number of benzene rings is 2. The van der Waals surface area contributed by atoms with Crippen LogP contribution in [0.1, 0.15) is 11.1 Å². The van der Waals surface area contributed by atoms with E-state index in [0.717, 1.165) is 35.7 Å². The maximum Gasteiger partial charge on any atom is 0.119 e. The Morgan fingerprint density at radius 1 is 1.16 bits per heavy atom. The summed E-state index contributed by atoms with van der Waals surface area (Å²) in [4.78, 5) is 0. The molecule has 0 spiro atoms. The van der Waals surface area contributed by atoms with Crippen molar-refractivity contribution in [1.29, 1.82) is 0 Å². The van der Waals surface area contributed by atoms with Crippen LogP contribution in [0.4, 0.5) is 11.4 Å². The van der Waals surface area contributed by atoms with Crippen molar-refractivity contribution < 1.29 is 4.74 Å². The van der Waals surface area contributed by atoms with Gasteiger partial charge in [0.15, 0.2) is 0 Å². The monoisotopic (exact) mass is 256 g/mol. The molecule has 0 heterocycles. The summed E-state index contributed by atoms with van der Waals surface area (Å²) >= 11 is 0. The van der Waals surface area contributed by atoms with E-state index in [4.69, 9.17) is 10.5 Å². The molecule has 0 aromatic heterocycles. The topological polar surface area (TPSA) is 47.3 Å². The third kappa shape index (κ3) is 3.41. The molecule has 2 rings (SSSR count). The van der Waals surface area contributed by atoms with E-state index < -0.39 is 0 Å². The minimum atomic E-state index is 0.825. The van der Waals surface area contributed by atoms with Gasteiger partial charge in [-0.1, -0.05) is 18.2 Å². The average Bonchev–Trinajstić information content (AvgIpc) is 2.44. The Morgan fingerprint density at radius 2 is 1.95 bits per heavy atom. The third-order valence-corrected chi connectivity index (χ3v) is 3.24. The largest absolute Gasteiger partial charge is 0.497 e. The van der Waals surface area contributed by atoms with E-state index >= 15 is 0 Å². The van der Waals surface area contributed by atoms with Crippen LogP contribution in [-0.4, -0.2) is 13.7 Å². The van der Waals surface area contributed by atoms with Crippen LogP contribution in [0.15, 0.2) is 42.5 Å². The standard InChI is InChI=1S/C16H20N2O/c1-12-15(17)7-4-8-16(12)18-10-9-13-5-3-6-14(11-13)19-2/h3-8,11,18H,9-10,17H2,1-2H3. The second-order valence-corrected chi connectivity index (χ2v) is 4.55. The van der Waals surface area contributed by atoms with Gasteiger partial charge in [-0.05, 0) is 48.7 Å². The summed E-state index contributed by atoms with van der Waals surface area (Å²) < 4.78 is 5.22. The van der Waals surface area contributed by atoms with Crippen LogP contribution in [-0.2, 0) is 6.42 Å². The van der Waals surface area contributed by atoms with E-state index in [2.05, 4.69) is 23.5 Å². The quantitative estimate of drug-likeness (QED) is 0.807. The highest BCUT2D eigenvalue weighted by Gasteiger charge is 2.01. The molecule has 0 bridgehead atoms. The summed E-state index contributed by atoms with van der Waals surface area (Å²) in [6, 6.07) is 14.1. The number of nitrogen functional groups attached to an aromatic ring is 1. The Bertz CT molecular complexity index is 552. The first-order chi connectivity index (χ1) is 9.20. The van der Waals surface area contributed by atoms with Gasteiger partial charge < -0.3 is 15.8 Å². The van der Waals surface area contributed by atoms with Gasteiger partial charge in [0.2, 0.25) is 0 Å². The zero-order valence-corrected chi connectivity index (χ0v) is 11.4. The molecular weight excluding hydrogens is 236 g/mol. The first-order valence-corrected chi connectivity index (χ1v) is 6.42. The molecule has 2 aromatic rings. The summed E-state index contributed by atoms with van der Waals surface area (Å²) in [5, 5.41) is 3.42. The van der Waals surface area contributed by atoms with Gasteiger partial charge >= 0.3 is 0 Å². The Labute approximate surface area is 114 Å². The van der Waals surface area contributed by atoms with Gasteiger partial charge in [-0.25, -0.2) is 0 Å². The summed E-state index contributed by atoms with van der Waals surface area (Å²) in [6.45, 7) is 2.90. The first kappa shape index (κ1) is 13.3. The molecule has 0 amide bonds. The van der Waals surface area contributed by atoms with Crippen molar-refractivity contribution in [3.8, 4) is 5.75 Å². The Kier molecular flexibility index (Phi) is 4.29. The van der Waals surface area contributed by atoms with Crippen LogP contribution in [0, 0.1) is 6.92 Å². The lowest BCUT2D eigenvalue weighted by molar-refractivity contribution is 0.414. The summed E-state index contributed by atoms with van der Waals surface area (Å²) in [5.41, 5.74) is 10.2. The van der Waals surface area contributed by atoms with Crippen molar-refractivity contribution in [3.63, 3.8) is 0 Å². The number of methoxy groups -OCH3 is 1. The maximum absolute atomic E-state index is 5.88. The van der Waals surface area contributed by atoms with Gasteiger partial charge in [-0.2, -0.15) is 0 Å². The molecule has 3 heteroatoms. The highest BCUT2D eigenvalue weighted by Crippen LogP contribution is 2.20. The van der Waals surface area contributed by atoms with E-state index in [0.29, 0.717) is 0 Å². The number of ether oxygens (including phenoxy) is 1. The smallest absolute Gasteiger partial charge is 0.119 e. The second kappa shape index (κ2) is 6.14. The number of rotatable bonds is 5. The van der Waals surface area contributed by atoms with Crippen LogP contribution in [0.2, 0.25) is 0 Å². The third-order valence-electron chi connectivity index (χ3n) is 3.24. The van der Waals surface area contributed by atoms with Crippen molar-refractivity contribution in [2.45, 2.75) is 13.3 Å². The van der Waals surface area contributed by atoms with Gasteiger partial charge in [0.25, 0.3) is 0 Å². The van der Waals surface area contributed by atoms with E-state index in [-0.39, 0.29) is 0 Å². The predicted octanol–water partition coefficient (Wildman–Crippen LogP) is 3.24. The predicted molar refractivity (Wildman–Crippen MR) is 80.8 cm³/mol. The zero-order valence-electron chi connectivity index (χ0n) is 11.4. The fourth-order valence-corrected chi connectivity index (χ4v) is 2.01. The van der Waals surface area contributed by atoms with Crippen LogP contribution in [0.3, 0.4) is 0 Å². The van der Waals surface area contributed by atoms with E-state index in [1.54, 1.807) is 7.11 Å². The molecule has 0 fully saturated rings. The van der Waals surface area contributed by atoms with Crippen LogP contribution >= 0.6 is 0 Å². The number of nitrogens with one attached hydrogen (secondary N) is 1. The molecule has 0 saturated heterocycles. The van der Waals surface area contributed by atoms with Crippen molar-refractivity contribution >= 4 is 11.4 Å². The molecular formula is C16H20N2O. The van der Waals surface area contributed by atoms with Crippen LogP contribution < -0.4 is 15.8 Å². The Morgan fingerprint density at radius 3 is 2.74 bits per heavy atom. The molecule has 0 saturated carbocycles. The van der Waals surface area contributed by atoms with E-state index in [1.807, 2.05) is 31.2 Å². The number of hydrogen-bond acceptors (Lipinski definition) is 3. The second-order valence-electron chi connectivity index (χ2n) is 4.55. The lowest BCUT2D eigenvalue weighted by atomic mass is 10.1. The molecule has 3 nitrogen and oxygen atoms in total. The molecule has 19 heavy (non-hydrogen) atoms. The summed E-state index contributed by atoms with van der Waals surface area (Å²) in [6.07, 6.45) is 0.950. The molecule has 2 aromatic carbocycles. The summed E-state index contributed by atoms with van der Waals surface area (Å²) in [7, 11) is 1.69. The van der Waals surface area contributed by atoms with E-state index in [1.165, 1.54) is 5.56 Å². The highest BCUT2D eigenvalue weighted by atomic mass is 16.5. The van der Waals surface area contributed by atoms with E-state index in [9.17, 15) is 0 Å². The fraction of sp³-hybridized carbons (Fsp3) is 0.250. The normalized spacial score (nSPS) is 10.2. The average molecular weight is 256 g/mol. The molecule has 0 aliphatic carbocycles. The Balaban J connectivity index is 1.94. The molecule has 0 radical (unpaired) electrons. The van der Waals surface area contributed by atoms with Crippen molar-refractivity contribution in [3.05, 3.63) is 53.6 Å². The van der Waals surface area contributed by atoms with Crippen molar-refractivity contribution in [1.82, 2.24) is 0 Å². The van der Waals surface area contributed by atoms with Crippen LogP contribution in [0.25, 0.3) is 0 Å². The summed E-state index contributed by atoms with van der Waals surface area (Å²) in [5.74, 6) is 0.901.